The molecule has 0 atom stereocenters. The summed E-state index contributed by atoms with van der Waals surface area (Å²) in [6, 6.07) is 91.4. The van der Waals surface area contributed by atoms with Crippen molar-refractivity contribution in [2.24, 2.45) is 0 Å². The summed E-state index contributed by atoms with van der Waals surface area (Å²) in [7, 11) is 0. The van der Waals surface area contributed by atoms with Gasteiger partial charge < -0.3 is 9.80 Å². The second-order valence-electron chi connectivity index (χ2n) is 20.2. The number of anilines is 12. The highest BCUT2D eigenvalue weighted by molar-refractivity contribution is 6.02. The van der Waals surface area contributed by atoms with Gasteiger partial charge in [-0.15, -0.1) is 0 Å². The van der Waals surface area contributed by atoms with Gasteiger partial charge in [-0.05, 0) is 119 Å². The monoisotopic (exact) mass is 1020 g/mol. The first-order valence-electron chi connectivity index (χ1n) is 26.6. The molecule has 2 aliphatic rings. The first-order chi connectivity index (χ1) is 38.9. The van der Waals surface area contributed by atoms with Crippen LogP contribution in [0.1, 0.15) is 25.0 Å². The summed E-state index contributed by atoms with van der Waals surface area (Å²) in [5, 5.41) is 0. The van der Waals surface area contributed by atoms with Crippen molar-refractivity contribution in [1.82, 2.24) is 24.9 Å². The van der Waals surface area contributed by atoms with Gasteiger partial charge in [0.15, 0.2) is 17.5 Å². The molecule has 3 aromatic heterocycles. The van der Waals surface area contributed by atoms with E-state index in [1.54, 1.807) is 0 Å². The lowest BCUT2D eigenvalue weighted by Gasteiger charge is -2.42. The highest BCUT2D eigenvalue weighted by Gasteiger charge is 2.38. The Morgan fingerprint density at radius 3 is 1.13 bits per heavy atom. The highest BCUT2D eigenvalue weighted by atomic mass is 15.3. The van der Waals surface area contributed by atoms with Gasteiger partial charge in [0.1, 0.15) is 11.6 Å². The molecule has 0 amide bonds. The van der Waals surface area contributed by atoms with Crippen LogP contribution < -0.4 is 19.6 Å². The van der Waals surface area contributed by atoms with Crippen LogP contribution in [0.15, 0.2) is 273 Å². The quantitative estimate of drug-likeness (QED) is 0.133. The molecule has 0 N–H and O–H groups in total. The van der Waals surface area contributed by atoms with Gasteiger partial charge in [0, 0.05) is 63.7 Å². The average Bonchev–Trinajstić information content (AvgIpc) is 3.70. The smallest absolute Gasteiger partial charge is 0.164 e. The maximum Gasteiger partial charge on any atom is 0.164 e. The Balaban J connectivity index is 0.995. The summed E-state index contributed by atoms with van der Waals surface area (Å²) in [4.78, 5) is 34.7. The van der Waals surface area contributed by atoms with Crippen molar-refractivity contribution in [1.29, 1.82) is 0 Å². The van der Waals surface area contributed by atoms with Gasteiger partial charge >= 0.3 is 0 Å². The van der Waals surface area contributed by atoms with Crippen LogP contribution in [0.3, 0.4) is 0 Å². The van der Waals surface area contributed by atoms with Crippen molar-refractivity contribution in [2.75, 3.05) is 19.6 Å². The maximum absolute atomic E-state index is 5.84. The molecule has 0 radical (unpaired) electrons. The number of benzene rings is 9. The molecule has 0 unspecified atom stereocenters. The molecule has 9 aromatic carbocycles. The number of fused-ring (bicyclic) bond motifs is 4. The summed E-state index contributed by atoms with van der Waals surface area (Å²) in [5.74, 6) is 3.32. The van der Waals surface area contributed by atoms with Gasteiger partial charge in [0.2, 0.25) is 0 Å². The number of hydrogen-bond donors (Lipinski definition) is 0. The maximum atomic E-state index is 5.84. The van der Waals surface area contributed by atoms with Crippen LogP contribution in [0.2, 0.25) is 0 Å². The Morgan fingerprint density at radius 2 is 0.658 bits per heavy atom. The lowest BCUT2D eigenvalue weighted by Crippen LogP contribution is -2.31. The van der Waals surface area contributed by atoms with Crippen molar-refractivity contribution in [3.63, 3.8) is 0 Å². The van der Waals surface area contributed by atoms with Crippen molar-refractivity contribution in [2.45, 2.75) is 19.3 Å². The Hall–Kier alpha value is -10.5. The zero-order chi connectivity index (χ0) is 52.9. The lowest BCUT2D eigenvalue weighted by atomic mass is 9.73. The van der Waals surface area contributed by atoms with Gasteiger partial charge in [-0.1, -0.05) is 166 Å². The number of pyridine rings is 2. The van der Waals surface area contributed by atoms with Gasteiger partial charge in [-0.2, -0.15) is 0 Å². The largest absolute Gasteiger partial charge is 0.310 e. The summed E-state index contributed by atoms with van der Waals surface area (Å²) in [6.07, 6.45) is 3.67. The lowest BCUT2D eigenvalue weighted by molar-refractivity contribution is 0.631. The zero-order valence-corrected chi connectivity index (χ0v) is 43.5. The second kappa shape index (κ2) is 19.6. The van der Waals surface area contributed by atoms with Crippen LogP contribution in [-0.4, -0.2) is 24.9 Å². The molecule has 5 heterocycles. The normalized spacial score (nSPS) is 13.0. The van der Waals surface area contributed by atoms with E-state index in [4.69, 9.17) is 19.9 Å². The minimum Gasteiger partial charge on any atom is -0.310 e. The van der Waals surface area contributed by atoms with Gasteiger partial charge in [-0.25, -0.2) is 19.9 Å². The number of nitrogens with zero attached hydrogens (tertiary/aromatic N) is 9. The second-order valence-corrected chi connectivity index (χ2v) is 20.2. The van der Waals surface area contributed by atoms with E-state index >= 15 is 0 Å². The molecule has 0 saturated carbocycles. The van der Waals surface area contributed by atoms with Crippen molar-refractivity contribution >= 4 is 68.5 Å². The molecule has 0 spiro atoms. The summed E-state index contributed by atoms with van der Waals surface area (Å²) in [5.41, 5.74) is 17.1. The molecule has 9 heteroatoms. The van der Waals surface area contributed by atoms with Crippen LogP contribution in [-0.2, 0) is 5.41 Å². The van der Waals surface area contributed by atoms with Crippen molar-refractivity contribution in [3.05, 3.63) is 284 Å². The molecule has 14 rings (SSSR count). The molecular weight excluding hydrogens is 967 g/mol. The molecule has 0 saturated heterocycles. The Labute approximate surface area is 459 Å². The van der Waals surface area contributed by atoms with Gasteiger partial charge in [0.05, 0.1) is 39.8 Å². The Morgan fingerprint density at radius 1 is 0.304 bits per heavy atom. The molecule has 12 aromatic rings. The molecule has 0 aliphatic carbocycles. The predicted octanol–water partition coefficient (Wildman–Crippen LogP) is 18.2. The first kappa shape index (κ1) is 47.0. The zero-order valence-electron chi connectivity index (χ0n) is 43.5. The Bertz CT molecular complexity index is 4020. The fraction of sp³-hybridized carbons (Fsp3) is 0.0429. The summed E-state index contributed by atoms with van der Waals surface area (Å²) in [6.45, 7) is 4.64. The molecule has 79 heavy (non-hydrogen) atoms. The van der Waals surface area contributed by atoms with Crippen molar-refractivity contribution in [3.8, 4) is 45.3 Å². The predicted molar refractivity (Wildman–Crippen MR) is 322 cm³/mol. The van der Waals surface area contributed by atoms with E-state index in [9.17, 15) is 0 Å². The highest BCUT2D eigenvalue weighted by Crippen LogP contribution is 2.56. The SMILES string of the molecule is CC1(C)c2ccccc2N(c2cc(N(c3ccc(-c4ccncc4)cc3)c3ccc(-c4nc(-c5ccccc5)nc(-c5ccccc5)n4)cc3)cc(N3c4ccccc4N(c4ccccc4)c4ccccc43)n2)c2ccccc21. The molecular formula is C70H51N9. The van der Waals surface area contributed by atoms with Crippen LogP contribution in [0, 0.1) is 0 Å². The summed E-state index contributed by atoms with van der Waals surface area (Å²) < 4.78 is 0. The number of rotatable bonds is 10. The summed E-state index contributed by atoms with van der Waals surface area (Å²) >= 11 is 0. The third-order valence-corrected chi connectivity index (χ3v) is 15.1. The minimum absolute atomic E-state index is 0.275. The number of aromatic nitrogens is 5. The van der Waals surface area contributed by atoms with E-state index in [-0.39, 0.29) is 5.41 Å². The third-order valence-electron chi connectivity index (χ3n) is 15.1. The van der Waals surface area contributed by atoms with Gasteiger partial charge in [0.25, 0.3) is 0 Å². The standard InChI is InChI=1S/C70H51N9/c1-70(2)57-26-12-14-28-59(57)78(60-29-15-13-27-58(60)70)65-46-56(47-66(72-65)79-63-32-18-16-30-61(63)77(53-24-10-5-11-25-53)62-31-17-19-33-64(62)79)76(54-38-34-48(35-39-54)49-42-44-71-45-43-49)55-40-36-52(37-41-55)69-74-67(50-20-6-3-7-21-50)73-68(75-69)51-22-8-4-9-23-51/h3-47H,1-2H3. The topological polar surface area (TPSA) is 77.4 Å². The van der Waals surface area contributed by atoms with E-state index in [0.717, 1.165) is 96.3 Å². The molecule has 0 fully saturated rings. The molecule has 9 nitrogen and oxygen atoms in total. The number of para-hydroxylation sites is 7. The molecule has 0 bridgehead atoms. The Kier molecular flexibility index (Phi) is 11.6. The van der Waals surface area contributed by atoms with Crippen LogP contribution >= 0.6 is 0 Å². The van der Waals surface area contributed by atoms with Crippen LogP contribution in [0.5, 0.6) is 0 Å². The van der Waals surface area contributed by atoms with E-state index < -0.39 is 0 Å². The third kappa shape index (κ3) is 8.41. The van der Waals surface area contributed by atoms with Crippen LogP contribution in [0.25, 0.3) is 45.3 Å². The van der Waals surface area contributed by atoms with E-state index in [1.807, 2.05) is 85.2 Å². The number of hydrogen-bond acceptors (Lipinski definition) is 9. The fourth-order valence-corrected chi connectivity index (χ4v) is 11.3. The average molecular weight is 1020 g/mol. The fourth-order valence-electron chi connectivity index (χ4n) is 11.3. The first-order valence-corrected chi connectivity index (χ1v) is 26.6. The minimum atomic E-state index is -0.275. The van der Waals surface area contributed by atoms with E-state index in [2.05, 4.69) is 226 Å². The van der Waals surface area contributed by atoms with E-state index in [1.165, 1.54) is 11.1 Å². The van der Waals surface area contributed by atoms with Crippen molar-refractivity contribution < 1.29 is 0 Å². The van der Waals surface area contributed by atoms with Crippen LogP contribution in [0.4, 0.5) is 68.5 Å². The van der Waals surface area contributed by atoms with E-state index in [0.29, 0.717) is 17.5 Å². The molecule has 376 valence electrons. The van der Waals surface area contributed by atoms with Gasteiger partial charge in [-0.3, -0.25) is 14.8 Å². The molecule has 2 aliphatic heterocycles.